The second kappa shape index (κ2) is 7.89. The van der Waals surface area contributed by atoms with Gasteiger partial charge < -0.3 is 4.74 Å². The number of ether oxygens (including phenoxy) is 1. The van der Waals surface area contributed by atoms with Crippen molar-refractivity contribution in [1.29, 1.82) is 0 Å². The Labute approximate surface area is 170 Å². The van der Waals surface area contributed by atoms with Crippen LogP contribution in [0.3, 0.4) is 0 Å². The van der Waals surface area contributed by atoms with Gasteiger partial charge in [0.2, 0.25) is 0 Å². The summed E-state index contributed by atoms with van der Waals surface area (Å²) in [4.78, 5) is 4.88. The minimum Gasteiger partial charge on any atom is -0.497 e. The summed E-state index contributed by atoms with van der Waals surface area (Å²) in [5.41, 5.74) is 2.35. The van der Waals surface area contributed by atoms with Crippen LogP contribution in [0.4, 0.5) is 0 Å². The zero-order chi connectivity index (χ0) is 20.3. The first kappa shape index (κ1) is 18.9. The van der Waals surface area contributed by atoms with Crippen LogP contribution in [0.2, 0.25) is 0 Å². The molecule has 0 amide bonds. The van der Waals surface area contributed by atoms with Crippen LogP contribution < -0.4 is 4.74 Å². The molecule has 0 bridgehead atoms. The highest BCUT2D eigenvalue weighted by Crippen LogP contribution is 2.31. The van der Waals surface area contributed by atoms with E-state index in [0.29, 0.717) is 5.69 Å². The molecular formula is C24H19NO3S. The zero-order valence-electron chi connectivity index (χ0n) is 15.8. The van der Waals surface area contributed by atoms with Gasteiger partial charge in [-0.1, -0.05) is 42.5 Å². The first-order valence-corrected chi connectivity index (χ1v) is 10.6. The van der Waals surface area contributed by atoms with E-state index in [4.69, 9.17) is 4.74 Å². The number of nitrogens with zero attached hydrogens (tertiary/aromatic N) is 1. The first-order valence-electron chi connectivity index (χ1n) is 9.09. The number of aromatic nitrogens is 1. The Kier molecular flexibility index (Phi) is 5.14. The minimum absolute atomic E-state index is 0.260. The van der Waals surface area contributed by atoms with Gasteiger partial charge in [-0.2, -0.15) is 0 Å². The van der Waals surface area contributed by atoms with Gasteiger partial charge in [0, 0.05) is 28.1 Å². The SMILES string of the molecule is COc1ccc(-c2ncc3ccccc3c2/C=C/S(=O)(=O)c2ccccc2)cc1. The predicted molar refractivity (Wildman–Crippen MR) is 116 cm³/mol. The summed E-state index contributed by atoms with van der Waals surface area (Å²) in [6, 6.07) is 23.7. The molecule has 0 N–H and O–H groups in total. The molecule has 0 saturated heterocycles. The average molecular weight is 401 g/mol. The van der Waals surface area contributed by atoms with Gasteiger partial charge in [0.1, 0.15) is 5.75 Å². The van der Waals surface area contributed by atoms with Crippen LogP contribution in [0.1, 0.15) is 5.56 Å². The van der Waals surface area contributed by atoms with Gasteiger partial charge in [-0.15, -0.1) is 0 Å². The van der Waals surface area contributed by atoms with Crippen LogP contribution in [0.25, 0.3) is 28.1 Å². The van der Waals surface area contributed by atoms with E-state index in [1.165, 1.54) is 5.41 Å². The van der Waals surface area contributed by atoms with Crippen LogP contribution in [-0.4, -0.2) is 20.5 Å². The highest BCUT2D eigenvalue weighted by atomic mass is 32.2. The molecule has 0 aliphatic heterocycles. The summed E-state index contributed by atoms with van der Waals surface area (Å²) in [5.74, 6) is 0.748. The van der Waals surface area contributed by atoms with Crippen molar-refractivity contribution >= 4 is 26.7 Å². The Bertz CT molecular complexity index is 1280. The lowest BCUT2D eigenvalue weighted by molar-refractivity contribution is 0.415. The van der Waals surface area contributed by atoms with E-state index < -0.39 is 9.84 Å². The molecule has 3 aromatic carbocycles. The summed E-state index contributed by atoms with van der Waals surface area (Å²) in [7, 11) is -1.95. The van der Waals surface area contributed by atoms with E-state index in [1.54, 1.807) is 49.7 Å². The summed E-state index contributed by atoms with van der Waals surface area (Å²) in [5, 5.41) is 3.13. The number of methoxy groups -OCH3 is 1. The molecule has 0 radical (unpaired) electrons. The van der Waals surface area contributed by atoms with Gasteiger partial charge in [-0.05, 0) is 47.9 Å². The molecule has 1 aromatic heterocycles. The van der Waals surface area contributed by atoms with Gasteiger partial charge in [-0.3, -0.25) is 4.98 Å². The van der Waals surface area contributed by atoms with Gasteiger partial charge in [0.05, 0.1) is 17.7 Å². The van der Waals surface area contributed by atoms with Crippen LogP contribution >= 0.6 is 0 Å². The summed E-state index contributed by atoms with van der Waals surface area (Å²) in [6.45, 7) is 0. The van der Waals surface area contributed by atoms with Crippen molar-refractivity contribution in [2.24, 2.45) is 0 Å². The van der Waals surface area contributed by atoms with E-state index in [0.717, 1.165) is 27.6 Å². The second-order valence-corrected chi connectivity index (χ2v) is 8.33. The van der Waals surface area contributed by atoms with E-state index in [1.807, 2.05) is 48.5 Å². The quantitative estimate of drug-likeness (QED) is 0.452. The van der Waals surface area contributed by atoms with Crippen molar-refractivity contribution < 1.29 is 13.2 Å². The summed E-state index contributed by atoms with van der Waals surface area (Å²) in [6.07, 6.45) is 3.44. The van der Waals surface area contributed by atoms with Crippen LogP contribution in [0, 0.1) is 0 Å². The molecule has 0 fully saturated rings. The number of fused-ring (bicyclic) bond motifs is 1. The molecule has 0 saturated carbocycles. The Morgan fingerprint density at radius 1 is 0.862 bits per heavy atom. The van der Waals surface area contributed by atoms with Crippen molar-refractivity contribution in [3.63, 3.8) is 0 Å². The smallest absolute Gasteiger partial charge is 0.199 e. The molecule has 0 unspecified atom stereocenters. The summed E-state index contributed by atoms with van der Waals surface area (Å²) < 4.78 is 30.7. The largest absolute Gasteiger partial charge is 0.497 e. The molecular weight excluding hydrogens is 382 g/mol. The lowest BCUT2D eigenvalue weighted by Gasteiger charge is -2.10. The Morgan fingerprint density at radius 3 is 2.28 bits per heavy atom. The van der Waals surface area contributed by atoms with E-state index >= 15 is 0 Å². The van der Waals surface area contributed by atoms with Crippen LogP contribution in [0.5, 0.6) is 5.75 Å². The molecule has 1 heterocycles. The number of pyridine rings is 1. The van der Waals surface area contributed by atoms with Gasteiger partial charge in [0.25, 0.3) is 0 Å². The number of rotatable bonds is 5. The van der Waals surface area contributed by atoms with Crippen molar-refractivity contribution in [2.45, 2.75) is 4.90 Å². The molecule has 4 nitrogen and oxygen atoms in total. The van der Waals surface area contributed by atoms with Crippen LogP contribution in [0.15, 0.2) is 95.4 Å². The predicted octanol–water partition coefficient (Wildman–Crippen LogP) is 5.36. The monoisotopic (exact) mass is 401 g/mol. The molecule has 4 rings (SSSR count). The molecule has 29 heavy (non-hydrogen) atoms. The third-order valence-corrected chi connectivity index (χ3v) is 6.11. The van der Waals surface area contributed by atoms with Gasteiger partial charge in [0.15, 0.2) is 9.84 Å². The normalized spacial score (nSPS) is 11.8. The fourth-order valence-corrected chi connectivity index (χ4v) is 4.19. The third kappa shape index (κ3) is 3.91. The lowest BCUT2D eigenvalue weighted by atomic mass is 10.00. The fraction of sp³-hybridized carbons (Fsp3) is 0.0417. The summed E-state index contributed by atoms with van der Waals surface area (Å²) >= 11 is 0. The van der Waals surface area contributed by atoms with Crippen molar-refractivity contribution in [1.82, 2.24) is 4.98 Å². The zero-order valence-corrected chi connectivity index (χ0v) is 16.6. The number of sulfone groups is 1. The third-order valence-electron chi connectivity index (χ3n) is 4.69. The van der Waals surface area contributed by atoms with Crippen molar-refractivity contribution in [3.8, 4) is 17.0 Å². The molecule has 0 atom stereocenters. The maximum atomic E-state index is 12.7. The Hall–Kier alpha value is -3.44. The standard InChI is InChI=1S/C24H19NO3S/c1-28-20-13-11-18(12-14-20)24-23(22-10-6-5-7-19(22)17-25-24)15-16-29(26,27)21-8-3-2-4-9-21/h2-17H,1H3/b16-15+. The van der Waals surface area contributed by atoms with Crippen molar-refractivity contribution in [2.75, 3.05) is 7.11 Å². The number of hydrogen-bond acceptors (Lipinski definition) is 4. The maximum absolute atomic E-state index is 12.7. The fourth-order valence-electron chi connectivity index (χ4n) is 3.18. The van der Waals surface area contributed by atoms with E-state index in [2.05, 4.69) is 4.98 Å². The van der Waals surface area contributed by atoms with Crippen molar-refractivity contribution in [3.05, 3.63) is 96.0 Å². The highest BCUT2D eigenvalue weighted by Gasteiger charge is 2.13. The topological polar surface area (TPSA) is 56.3 Å². The molecule has 4 aromatic rings. The maximum Gasteiger partial charge on any atom is 0.199 e. The Morgan fingerprint density at radius 2 is 1.55 bits per heavy atom. The van der Waals surface area contributed by atoms with E-state index in [-0.39, 0.29) is 4.90 Å². The second-order valence-electron chi connectivity index (χ2n) is 6.50. The minimum atomic E-state index is -3.57. The average Bonchev–Trinajstić information content (AvgIpc) is 2.78. The van der Waals surface area contributed by atoms with Crippen LogP contribution in [-0.2, 0) is 9.84 Å². The molecule has 144 valence electrons. The Balaban J connectivity index is 1.87. The highest BCUT2D eigenvalue weighted by molar-refractivity contribution is 7.94. The number of hydrogen-bond donors (Lipinski definition) is 0. The molecule has 0 aliphatic carbocycles. The van der Waals surface area contributed by atoms with E-state index in [9.17, 15) is 8.42 Å². The lowest BCUT2D eigenvalue weighted by Crippen LogP contribution is -1.96. The molecule has 0 spiro atoms. The number of benzene rings is 3. The molecule has 5 heteroatoms. The first-order chi connectivity index (χ1) is 14.1. The molecule has 0 aliphatic rings. The van der Waals surface area contributed by atoms with Gasteiger partial charge in [-0.25, -0.2) is 8.42 Å². The van der Waals surface area contributed by atoms with Gasteiger partial charge >= 0.3 is 0 Å².